The molecule has 3 N–H and O–H groups in total. The summed E-state index contributed by atoms with van der Waals surface area (Å²) in [6, 6.07) is 8.05. The van der Waals surface area contributed by atoms with E-state index in [0.29, 0.717) is 33.7 Å². The summed E-state index contributed by atoms with van der Waals surface area (Å²) in [5, 5.41) is 14.2. The molecular weight excluding hydrogens is 404 g/mol. The summed E-state index contributed by atoms with van der Waals surface area (Å²) < 4.78 is 1.71. The number of imide groups is 1. The van der Waals surface area contributed by atoms with Gasteiger partial charge in [-0.1, -0.05) is 17.7 Å². The number of aromatic nitrogens is 3. The first-order valence-corrected chi connectivity index (χ1v) is 10.1. The van der Waals surface area contributed by atoms with Gasteiger partial charge in [0.2, 0.25) is 5.91 Å². The highest BCUT2D eigenvalue weighted by atomic mass is 35.5. The zero-order valence-electron chi connectivity index (χ0n) is 16.2. The van der Waals surface area contributed by atoms with E-state index in [0.717, 1.165) is 29.9 Å². The van der Waals surface area contributed by atoms with E-state index in [-0.39, 0.29) is 18.2 Å². The summed E-state index contributed by atoms with van der Waals surface area (Å²) in [6.45, 7) is 1.95. The monoisotopic (exact) mass is 422 g/mol. The fourth-order valence-corrected chi connectivity index (χ4v) is 3.49. The molecule has 1 aromatic carbocycles. The molecule has 0 atom stereocenters. The zero-order valence-corrected chi connectivity index (χ0v) is 17.0. The first kappa shape index (κ1) is 18.6. The highest BCUT2D eigenvalue weighted by Crippen LogP contribution is 2.29. The van der Waals surface area contributed by atoms with Gasteiger partial charge in [-0.15, -0.1) is 0 Å². The molecule has 2 aromatic heterocycles. The zero-order chi connectivity index (χ0) is 20.8. The molecule has 2 fully saturated rings. The third-order valence-electron chi connectivity index (χ3n) is 5.10. The molecule has 152 valence electrons. The van der Waals surface area contributed by atoms with E-state index in [1.165, 1.54) is 0 Å². The summed E-state index contributed by atoms with van der Waals surface area (Å²) in [4.78, 5) is 28.2. The van der Waals surface area contributed by atoms with Crippen LogP contribution in [0, 0.1) is 6.92 Å². The lowest BCUT2D eigenvalue weighted by atomic mass is 10.1. The van der Waals surface area contributed by atoms with Crippen LogP contribution in [-0.2, 0) is 9.59 Å². The lowest BCUT2D eigenvalue weighted by molar-refractivity contribution is -0.124. The number of amides is 2. The van der Waals surface area contributed by atoms with Gasteiger partial charge in [-0.25, -0.2) is 4.98 Å². The second-order valence-corrected chi connectivity index (χ2v) is 8.00. The molecule has 0 bridgehead atoms. The number of nitrogens with one attached hydrogen (secondary N) is 3. The molecule has 30 heavy (non-hydrogen) atoms. The minimum Gasteiger partial charge on any atom is -0.367 e. The van der Waals surface area contributed by atoms with Crippen molar-refractivity contribution in [2.24, 2.45) is 0 Å². The van der Waals surface area contributed by atoms with Crippen molar-refractivity contribution in [1.29, 1.82) is 0 Å². The SMILES string of the molecule is Cc1ccc(Nc2cc(NC3CC3)n3ncc(C=C4CC(=O)NC4=O)c3n2)cc1Cl. The fraction of sp³-hybridized carbons (Fsp3) is 0.238. The first-order valence-electron chi connectivity index (χ1n) is 9.69. The Morgan fingerprint density at radius 3 is 2.80 bits per heavy atom. The van der Waals surface area contributed by atoms with Gasteiger partial charge in [0, 0.05) is 34.0 Å². The first-order chi connectivity index (χ1) is 14.5. The molecule has 9 heteroatoms. The molecule has 5 rings (SSSR count). The number of fused-ring (bicyclic) bond motifs is 1. The molecule has 8 nitrogen and oxygen atoms in total. The van der Waals surface area contributed by atoms with Crippen LogP contribution >= 0.6 is 11.6 Å². The number of rotatable bonds is 5. The van der Waals surface area contributed by atoms with Gasteiger partial charge >= 0.3 is 0 Å². The van der Waals surface area contributed by atoms with Crippen molar-refractivity contribution in [3.05, 3.63) is 52.2 Å². The summed E-state index contributed by atoms with van der Waals surface area (Å²) in [7, 11) is 0. The lowest BCUT2D eigenvalue weighted by Crippen LogP contribution is -2.19. The summed E-state index contributed by atoms with van der Waals surface area (Å²) in [5.41, 5.74) is 3.47. The third-order valence-corrected chi connectivity index (χ3v) is 5.51. The van der Waals surface area contributed by atoms with E-state index in [1.54, 1.807) is 16.8 Å². The van der Waals surface area contributed by atoms with Crippen LogP contribution in [0.25, 0.3) is 11.7 Å². The standard InChI is InChI=1S/C21H19ClN6O2/c1-11-2-3-15(8-16(11)22)24-17-9-18(25-14-4-5-14)28-20(26-17)13(10-23-28)6-12-7-19(29)27-21(12)30/h2-3,6,8-10,14,25H,4-5,7H2,1H3,(H,24,26)(H,27,29,30). The van der Waals surface area contributed by atoms with Crippen LogP contribution in [0.3, 0.4) is 0 Å². The molecule has 1 aliphatic heterocycles. The molecule has 0 spiro atoms. The molecule has 0 unspecified atom stereocenters. The molecular formula is C21H19ClN6O2. The number of halogens is 1. The predicted molar refractivity (Wildman–Crippen MR) is 115 cm³/mol. The Balaban J connectivity index is 1.57. The van der Waals surface area contributed by atoms with E-state index in [2.05, 4.69) is 21.0 Å². The Morgan fingerprint density at radius 2 is 2.10 bits per heavy atom. The minimum absolute atomic E-state index is 0.0587. The highest BCUT2D eigenvalue weighted by Gasteiger charge is 2.25. The second-order valence-electron chi connectivity index (χ2n) is 7.59. The predicted octanol–water partition coefficient (Wildman–Crippen LogP) is 3.44. The van der Waals surface area contributed by atoms with Crippen LogP contribution in [-0.4, -0.2) is 32.5 Å². The minimum atomic E-state index is -0.376. The smallest absolute Gasteiger partial charge is 0.254 e. The van der Waals surface area contributed by atoms with Crippen LogP contribution in [0.1, 0.15) is 30.4 Å². The largest absolute Gasteiger partial charge is 0.367 e. The number of carbonyl (C=O) groups is 2. The number of benzene rings is 1. The van der Waals surface area contributed by atoms with Crippen LogP contribution in [0.5, 0.6) is 0 Å². The number of aryl methyl sites for hydroxylation is 1. The number of hydrogen-bond acceptors (Lipinski definition) is 6. The Bertz CT molecular complexity index is 1230. The van der Waals surface area contributed by atoms with Crippen molar-refractivity contribution in [1.82, 2.24) is 19.9 Å². The van der Waals surface area contributed by atoms with Crippen LogP contribution < -0.4 is 16.0 Å². The maximum Gasteiger partial charge on any atom is 0.254 e. The van der Waals surface area contributed by atoms with Crippen LogP contribution in [0.4, 0.5) is 17.3 Å². The molecule has 2 aliphatic rings. The number of carbonyl (C=O) groups excluding carboxylic acids is 2. The Hall–Kier alpha value is -3.39. The Kier molecular flexibility index (Phi) is 4.43. The summed E-state index contributed by atoms with van der Waals surface area (Å²) >= 11 is 6.25. The lowest BCUT2D eigenvalue weighted by Gasteiger charge is -2.12. The van der Waals surface area contributed by atoms with Gasteiger partial charge < -0.3 is 10.6 Å². The molecule has 2 amide bonds. The highest BCUT2D eigenvalue weighted by molar-refractivity contribution is 6.31. The fourth-order valence-electron chi connectivity index (χ4n) is 3.31. The second kappa shape index (κ2) is 7.14. The van der Waals surface area contributed by atoms with Crippen molar-refractivity contribution in [3.8, 4) is 0 Å². The normalized spacial score (nSPS) is 17.6. The maximum atomic E-state index is 12.0. The number of anilines is 3. The Morgan fingerprint density at radius 1 is 1.27 bits per heavy atom. The number of nitrogens with zero attached hydrogens (tertiary/aromatic N) is 3. The van der Waals surface area contributed by atoms with Crippen molar-refractivity contribution in [2.75, 3.05) is 10.6 Å². The van der Waals surface area contributed by atoms with Crippen LogP contribution in [0.15, 0.2) is 36.0 Å². The van der Waals surface area contributed by atoms with Crippen LogP contribution in [0.2, 0.25) is 5.02 Å². The van der Waals surface area contributed by atoms with Gasteiger partial charge in [-0.2, -0.15) is 9.61 Å². The van der Waals surface area contributed by atoms with Gasteiger partial charge in [-0.05, 0) is 43.5 Å². The van der Waals surface area contributed by atoms with Crippen molar-refractivity contribution in [2.45, 2.75) is 32.2 Å². The van der Waals surface area contributed by atoms with E-state index in [4.69, 9.17) is 16.6 Å². The van der Waals surface area contributed by atoms with Gasteiger partial charge in [0.25, 0.3) is 5.91 Å². The van der Waals surface area contributed by atoms with Gasteiger partial charge in [0.15, 0.2) is 5.65 Å². The van der Waals surface area contributed by atoms with Crippen molar-refractivity contribution in [3.63, 3.8) is 0 Å². The quantitative estimate of drug-likeness (QED) is 0.430. The molecule has 1 saturated heterocycles. The van der Waals surface area contributed by atoms with Crippen molar-refractivity contribution < 1.29 is 9.59 Å². The van der Waals surface area contributed by atoms with E-state index < -0.39 is 0 Å². The van der Waals surface area contributed by atoms with E-state index in [1.807, 2.05) is 31.2 Å². The summed E-state index contributed by atoms with van der Waals surface area (Å²) in [6.07, 6.45) is 5.60. The molecule has 3 aromatic rings. The van der Waals surface area contributed by atoms with Gasteiger partial charge in [0.1, 0.15) is 11.6 Å². The molecule has 0 radical (unpaired) electrons. The topological polar surface area (TPSA) is 100 Å². The van der Waals surface area contributed by atoms with Crippen molar-refractivity contribution >= 4 is 52.5 Å². The molecule has 1 aliphatic carbocycles. The average Bonchev–Trinajstić information content (AvgIpc) is 3.34. The third kappa shape index (κ3) is 3.61. The van der Waals surface area contributed by atoms with Gasteiger partial charge in [-0.3, -0.25) is 14.9 Å². The summed E-state index contributed by atoms with van der Waals surface area (Å²) in [5.74, 6) is 0.752. The maximum absolute atomic E-state index is 12.0. The Labute approximate surface area is 177 Å². The number of hydrogen-bond donors (Lipinski definition) is 3. The molecule has 1 saturated carbocycles. The van der Waals surface area contributed by atoms with E-state index in [9.17, 15) is 9.59 Å². The van der Waals surface area contributed by atoms with E-state index >= 15 is 0 Å². The molecule has 3 heterocycles. The average molecular weight is 423 g/mol. The van der Waals surface area contributed by atoms with Gasteiger partial charge in [0.05, 0.1) is 12.6 Å².